The lowest BCUT2D eigenvalue weighted by molar-refractivity contribution is -0.135. The van der Waals surface area contributed by atoms with Crippen LogP contribution < -0.4 is 36.2 Å². The van der Waals surface area contributed by atoms with Crippen LogP contribution in [0.5, 0.6) is 5.88 Å². The Morgan fingerprint density at radius 1 is 0.833 bits per heavy atom. The predicted octanol–water partition coefficient (Wildman–Crippen LogP) is 5.22. The first-order chi connectivity index (χ1) is 29.3. The summed E-state index contributed by atoms with van der Waals surface area (Å²) in [6.45, 7) is 10.5. The van der Waals surface area contributed by atoms with Gasteiger partial charge in [0.2, 0.25) is 23.6 Å². The molecule has 3 aromatic carbocycles. The predicted molar refractivity (Wildman–Crippen MR) is 233 cm³/mol. The minimum atomic E-state index is -0.680. The summed E-state index contributed by atoms with van der Waals surface area (Å²) in [5, 5.41) is 10.2. The first kappa shape index (κ1) is 37.8. The fourth-order valence-corrected chi connectivity index (χ4v) is 9.35. The number of benzene rings is 3. The third-order valence-electron chi connectivity index (χ3n) is 12.8. The maximum atomic E-state index is 13.2. The average molecular weight is 808 g/mol. The molecule has 308 valence electrons. The fourth-order valence-electron chi connectivity index (χ4n) is 9.35. The normalized spacial score (nSPS) is 18.9. The summed E-state index contributed by atoms with van der Waals surface area (Å²) in [5.74, 6) is 1.17. The van der Waals surface area contributed by atoms with Crippen molar-refractivity contribution >= 4 is 62.4 Å². The molecule has 1 unspecified atom stereocenters. The highest BCUT2D eigenvalue weighted by molar-refractivity contribution is 6.00. The number of piperazine rings is 1. The van der Waals surface area contributed by atoms with Gasteiger partial charge in [-0.1, -0.05) is 12.1 Å². The minimum Gasteiger partial charge on any atom is -0.474 e. The van der Waals surface area contributed by atoms with Crippen molar-refractivity contribution in [1.82, 2.24) is 34.3 Å². The monoisotopic (exact) mass is 807 g/mol. The average Bonchev–Trinajstić information content (AvgIpc) is 3.52. The number of aromatic nitrogens is 5. The van der Waals surface area contributed by atoms with Gasteiger partial charge in [-0.15, -0.1) is 0 Å². The third kappa shape index (κ3) is 7.16. The molecule has 3 aromatic heterocycles. The number of carbonyl (C=O) groups excluding carboxylic acids is 2. The van der Waals surface area contributed by atoms with E-state index in [1.165, 1.54) is 5.69 Å². The number of aryl methyl sites for hydroxylation is 1. The molecule has 15 heteroatoms. The highest BCUT2D eigenvalue weighted by Crippen LogP contribution is 2.36. The van der Waals surface area contributed by atoms with Gasteiger partial charge in [0, 0.05) is 106 Å². The highest BCUT2D eigenvalue weighted by Gasteiger charge is 2.32. The molecule has 0 saturated carbocycles. The number of hydrogen-bond acceptors (Lipinski definition) is 12. The molecule has 10 rings (SSSR count). The molecule has 4 aliphatic heterocycles. The molecular weight excluding hydrogens is 759 g/mol. The van der Waals surface area contributed by atoms with Gasteiger partial charge in [0.15, 0.2) is 0 Å². The summed E-state index contributed by atoms with van der Waals surface area (Å²) in [7, 11) is 1.74. The van der Waals surface area contributed by atoms with Crippen LogP contribution in [0.1, 0.15) is 37.3 Å². The maximum Gasteiger partial charge on any atom is 0.329 e. The van der Waals surface area contributed by atoms with E-state index in [4.69, 9.17) is 9.72 Å². The Balaban J connectivity index is 0.717. The van der Waals surface area contributed by atoms with Gasteiger partial charge in [-0.25, -0.2) is 19.7 Å². The van der Waals surface area contributed by atoms with Gasteiger partial charge >= 0.3 is 5.69 Å². The smallest absolute Gasteiger partial charge is 0.329 e. The van der Waals surface area contributed by atoms with Gasteiger partial charge in [0.05, 0.1) is 16.6 Å². The molecule has 2 amide bonds. The van der Waals surface area contributed by atoms with E-state index in [9.17, 15) is 14.4 Å². The van der Waals surface area contributed by atoms with Crippen LogP contribution in [-0.2, 0) is 16.6 Å². The number of hydrogen-bond donors (Lipinski definition) is 3. The van der Waals surface area contributed by atoms with Crippen molar-refractivity contribution in [2.45, 2.75) is 38.6 Å². The molecule has 15 nitrogen and oxygen atoms in total. The number of piperidine rings is 2. The van der Waals surface area contributed by atoms with Crippen LogP contribution in [0.15, 0.2) is 77.9 Å². The number of amides is 2. The Morgan fingerprint density at radius 3 is 2.42 bits per heavy atom. The van der Waals surface area contributed by atoms with E-state index < -0.39 is 11.9 Å². The first-order valence-corrected chi connectivity index (χ1v) is 21.0. The summed E-state index contributed by atoms with van der Waals surface area (Å²) >= 11 is 0. The Kier molecular flexibility index (Phi) is 9.82. The number of nitrogens with zero attached hydrogens (tertiary/aromatic N) is 8. The zero-order chi connectivity index (χ0) is 40.9. The molecular formula is C45H49N11O4. The van der Waals surface area contributed by atoms with Gasteiger partial charge in [-0.2, -0.15) is 0 Å². The Morgan fingerprint density at radius 2 is 1.62 bits per heavy atom. The van der Waals surface area contributed by atoms with Crippen molar-refractivity contribution in [2.75, 3.05) is 79.4 Å². The molecule has 0 radical (unpaired) electrons. The van der Waals surface area contributed by atoms with Gasteiger partial charge in [0.25, 0.3) is 0 Å². The van der Waals surface area contributed by atoms with Crippen molar-refractivity contribution < 1.29 is 14.3 Å². The van der Waals surface area contributed by atoms with E-state index >= 15 is 0 Å². The van der Waals surface area contributed by atoms with Gasteiger partial charge < -0.3 is 25.2 Å². The lowest BCUT2D eigenvalue weighted by Crippen LogP contribution is -2.49. The second kappa shape index (κ2) is 15.6. The molecule has 7 heterocycles. The highest BCUT2D eigenvalue weighted by atomic mass is 16.5. The zero-order valence-electron chi connectivity index (χ0n) is 34.0. The van der Waals surface area contributed by atoms with Gasteiger partial charge in [0.1, 0.15) is 18.3 Å². The van der Waals surface area contributed by atoms with Gasteiger partial charge in [-0.3, -0.25) is 28.9 Å². The molecule has 4 aliphatic rings. The second-order valence-corrected chi connectivity index (χ2v) is 16.5. The number of anilines is 5. The summed E-state index contributed by atoms with van der Waals surface area (Å²) in [4.78, 5) is 59.1. The van der Waals surface area contributed by atoms with Gasteiger partial charge in [-0.05, 0) is 91.8 Å². The molecule has 0 spiro atoms. The van der Waals surface area contributed by atoms with Crippen molar-refractivity contribution in [3.8, 4) is 17.0 Å². The number of nitrogens with one attached hydrogen (secondary N) is 3. The van der Waals surface area contributed by atoms with E-state index in [2.05, 4.69) is 102 Å². The number of carbonyl (C=O) groups is 2. The van der Waals surface area contributed by atoms with Crippen LogP contribution in [0.2, 0.25) is 0 Å². The van der Waals surface area contributed by atoms with Crippen molar-refractivity contribution in [3.05, 3.63) is 89.1 Å². The second-order valence-electron chi connectivity index (χ2n) is 16.5. The number of fused-ring (bicyclic) bond motifs is 3. The molecule has 1 atom stereocenters. The summed E-state index contributed by atoms with van der Waals surface area (Å²) in [5.41, 5.74) is 9.53. The molecule has 3 N–H and O–H groups in total. The van der Waals surface area contributed by atoms with Crippen molar-refractivity contribution in [2.24, 2.45) is 13.0 Å². The maximum absolute atomic E-state index is 13.2. The molecule has 0 aliphatic carbocycles. The van der Waals surface area contributed by atoms with E-state index in [1.807, 2.05) is 18.5 Å². The van der Waals surface area contributed by atoms with E-state index in [0.717, 1.165) is 115 Å². The van der Waals surface area contributed by atoms with E-state index in [0.29, 0.717) is 36.3 Å². The number of ether oxygens (including phenoxy) is 1. The summed E-state index contributed by atoms with van der Waals surface area (Å²) < 4.78 is 8.87. The number of pyridine rings is 1. The number of imide groups is 1. The van der Waals surface area contributed by atoms with Crippen LogP contribution >= 0.6 is 0 Å². The van der Waals surface area contributed by atoms with Crippen LogP contribution in [0.4, 0.5) is 28.7 Å². The van der Waals surface area contributed by atoms with E-state index in [1.54, 1.807) is 16.2 Å². The molecule has 3 fully saturated rings. The summed E-state index contributed by atoms with van der Waals surface area (Å²) in [6, 6.07) is 20.2. The Labute approximate surface area is 347 Å². The third-order valence-corrected chi connectivity index (χ3v) is 12.8. The quantitative estimate of drug-likeness (QED) is 0.173. The van der Waals surface area contributed by atoms with E-state index in [-0.39, 0.29) is 18.0 Å². The van der Waals surface area contributed by atoms with Crippen LogP contribution in [0.25, 0.3) is 33.1 Å². The molecule has 60 heavy (non-hydrogen) atoms. The first-order valence-electron chi connectivity index (χ1n) is 21.0. The lowest BCUT2D eigenvalue weighted by atomic mass is 9.95. The topological polar surface area (TPSA) is 155 Å². The van der Waals surface area contributed by atoms with Crippen LogP contribution in [0.3, 0.4) is 0 Å². The molecule has 0 bridgehead atoms. The Hall–Kier alpha value is -6.48. The fraction of sp³-hybridized carbons (Fsp3) is 0.378. The number of imidazole rings is 1. The van der Waals surface area contributed by atoms with Crippen LogP contribution in [-0.4, -0.2) is 99.8 Å². The minimum absolute atomic E-state index is 0.227. The Bertz CT molecular complexity index is 2680. The lowest BCUT2D eigenvalue weighted by Gasteiger charge is -2.40. The number of rotatable bonds is 8. The SMILES string of the molecule is Cc1c(-c2ccc3cnc(Nc4ccc(N5CCC(CN6CCN(c7ccc8c(c7)n(C)c(=O)n8C7CCC(=O)NC7=O)CC6)CC5)cc4)nc3c2)cnc2c1NCCO2. The molecule has 3 saturated heterocycles. The summed E-state index contributed by atoms with van der Waals surface area (Å²) in [6.07, 6.45) is 6.61. The largest absolute Gasteiger partial charge is 0.474 e. The van der Waals surface area contributed by atoms with Crippen molar-refractivity contribution in [3.63, 3.8) is 0 Å². The zero-order valence-corrected chi connectivity index (χ0v) is 34.0. The van der Waals surface area contributed by atoms with Crippen LogP contribution in [0, 0.1) is 12.8 Å². The van der Waals surface area contributed by atoms with Crippen molar-refractivity contribution in [1.29, 1.82) is 0 Å². The molecule has 6 aromatic rings. The standard InChI is InChI=1S/C45H49N11O4/c1-28-35(26-47-43-41(28)46-15-22-60-43)30-3-4-31-25-48-44(50-36(31)23-30)49-32-5-7-33(8-6-32)54-16-13-29(14-17-54)27-53-18-20-55(21-19-53)34-9-10-37-39(24-34)52(2)45(59)56(37)38-11-12-40(57)51-42(38)58/h3-10,23-26,29,38,46H,11-22,27H2,1-2H3,(H,48,49,50)(H,51,57,58).